The molecule has 4 rings (SSSR count). The number of nitrogens with one attached hydrogen (secondary N) is 1. The minimum absolute atomic E-state index is 0.0995. The summed E-state index contributed by atoms with van der Waals surface area (Å²) in [6.45, 7) is 5.96. The van der Waals surface area contributed by atoms with Gasteiger partial charge >= 0.3 is 0 Å². The van der Waals surface area contributed by atoms with Gasteiger partial charge in [0.1, 0.15) is 5.82 Å². The Balaban J connectivity index is 1.32. The van der Waals surface area contributed by atoms with Gasteiger partial charge in [-0.15, -0.1) is 0 Å². The molecule has 32 heavy (non-hydrogen) atoms. The average molecular weight is 474 g/mol. The molecule has 1 aliphatic rings. The molecular weight excluding hydrogens is 449 g/mol. The summed E-state index contributed by atoms with van der Waals surface area (Å²) in [6, 6.07) is 12.5. The third-order valence-corrected chi connectivity index (χ3v) is 6.41. The minimum Gasteiger partial charge on any atom is -0.340 e. The Labute approximate surface area is 196 Å². The molecule has 1 N–H and O–H groups in total. The van der Waals surface area contributed by atoms with Crippen LogP contribution in [0.4, 0.5) is 4.39 Å². The van der Waals surface area contributed by atoms with Gasteiger partial charge in [-0.1, -0.05) is 47.5 Å². The van der Waals surface area contributed by atoms with Crippen molar-refractivity contribution in [1.29, 1.82) is 0 Å². The molecule has 6 nitrogen and oxygen atoms in total. The van der Waals surface area contributed by atoms with Crippen molar-refractivity contribution < 1.29 is 9.18 Å². The van der Waals surface area contributed by atoms with Gasteiger partial charge < -0.3 is 4.90 Å². The lowest BCUT2D eigenvalue weighted by Crippen LogP contribution is -2.48. The maximum Gasteiger partial charge on any atom is 0.224 e. The number of amides is 1. The van der Waals surface area contributed by atoms with Gasteiger partial charge in [0.05, 0.1) is 0 Å². The molecular formula is C23H25ClFN5OS. The fourth-order valence-electron chi connectivity index (χ4n) is 3.86. The predicted molar refractivity (Wildman–Crippen MR) is 125 cm³/mol. The highest BCUT2D eigenvalue weighted by atomic mass is 35.5. The Morgan fingerprint density at radius 3 is 2.56 bits per heavy atom. The highest BCUT2D eigenvalue weighted by Crippen LogP contribution is 2.21. The number of H-pyrrole nitrogens is 1. The first-order valence-electron chi connectivity index (χ1n) is 10.6. The number of aromatic amines is 1. The number of piperazine rings is 1. The molecule has 0 bridgehead atoms. The summed E-state index contributed by atoms with van der Waals surface area (Å²) in [5.41, 5.74) is 3.03. The number of rotatable bonds is 6. The molecule has 9 heteroatoms. The molecule has 0 atom stereocenters. The topological polar surface area (TPSA) is 57.2 Å². The number of hydrogen-bond donors (Lipinski definition) is 1. The van der Waals surface area contributed by atoms with Gasteiger partial charge in [0.15, 0.2) is 10.6 Å². The van der Waals surface area contributed by atoms with E-state index in [9.17, 15) is 9.18 Å². The van der Waals surface area contributed by atoms with E-state index in [1.807, 2.05) is 40.7 Å². The molecule has 0 aliphatic carbocycles. The van der Waals surface area contributed by atoms with Crippen LogP contribution in [0, 0.1) is 17.5 Å². The molecule has 1 amide bonds. The molecule has 0 spiro atoms. The molecule has 0 radical (unpaired) electrons. The number of aromatic nitrogens is 3. The van der Waals surface area contributed by atoms with Crippen LogP contribution in [0.2, 0.25) is 5.02 Å². The summed E-state index contributed by atoms with van der Waals surface area (Å²) in [5, 5.41) is 7.62. The second-order valence-corrected chi connectivity index (χ2v) is 8.81. The molecule has 1 saturated heterocycles. The fourth-order valence-corrected chi connectivity index (χ4v) is 4.31. The second-order valence-electron chi connectivity index (χ2n) is 8.01. The Morgan fingerprint density at radius 1 is 1.16 bits per heavy atom. The smallest absolute Gasteiger partial charge is 0.224 e. The van der Waals surface area contributed by atoms with E-state index in [4.69, 9.17) is 23.8 Å². The second kappa shape index (κ2) is 9.94. The van der Waals surface area contributed by atoms with Crippen LogP contribution < -0.4 is 0 Å². The monoisotopic (exact) mass is 473 g/mol. The fraction of sp³-hybridized carbons (Fsp3) is 0.348. The van der Waals surface area contributed by atoms with Crippen molar-refractivity contribution in [3.8, 4) is 11.4 Å². The molecule has 2 aromatic carbocycles. The third kappa shape index (κ3) is 5.26. The Morgan fingerprint density at radius 2 is 1.88 bits per heavy atom. The van der Waals surface area contributed by atoms with Crippen LogP contribution in [0.5, 0.6) is 0 Å². The van der Waals surface area contributed by atoms with E-state index in [-0.39, 0.29) is 11.7 Å². The SMILES string of the molecule is Cc1ccc(-c2n[nH]c(=S)n2CCC(=O)N2CCN(Cc3ccc(F)cc3Cl)CC2)cc1. The minimum atomic E-state index is -0.336. The van der Waals surface area contributed by atoms with Crippen LogP contribution >= 0.6 is 23.8 Å². The number of nitrogens with zero attached hydrogens (tertiary/aromatic N) is 4. The summed E-state index contributed by atoms with van der Waals surface area (Å²) in [5.74, 6) is 0.503. The van der Waals surface area contributed by atoms with Crippen molar-refractivity contribution in [2.45, 2.75) is 26.4 Å². The summed E-state index contributed by atoms with van der Waals surface area (Å²) >= 11 is 11.5. The molecule has 0 saturated carbocycles. The molecule has 168 valence electrons. The predicted octanol–water partition coefficient (Wildman–Crippen LogP) is 4.44. The van der Waals surface area contributed by atoms with E-state index in [0.717, 1.165) is 30.0 Å². The van der Waals surface area contributed by atoms with Gasteiger partial charge in [-0.25, -0.2) is 4.39 Å². The Kier molecular flexibility index (Phi) is 7.03. The van der Waals surface area contributed by atoms with Crippen LogP contribution in [-0.2, 0) is 17.9 Å². The first-order chi connectivity index (χ1) is 15.4. The first kappa shape index (κ1) is 22.6. The number of aryl methyl sites for hydroxylation is 1. The molecule has 1 aromatic heterocycles. The van der Waals surface area contributed by atoms with E-state index in [1.54, 1.807) is 6.07 Å². The zero-order valence-electron chi connectivity index (χ0n) is 17.9. The van der Waals surface area contributed by atoms with E-state index < -0.39 is 0 Å². The van der Waals surface area contributed by atoms with Crippen LogP contribution in [0.3, 0.4) is 0 Å². The number of benzene rings is 2. The third-order valence-electron chi connectivity index (χ3n) is 5.75. The maximum atomic E-state index is 13.2. The lowest BCUT2D eigenvalue weighted by Gasteiger charge is -2.35. The molecule has 2 heterocycles. The largest absolute Gasteiger partial charge is 0.340 e. The average Bonchev–Trinajstić information content (AvgIpc) is 3.15. The van der Waals surface area contributed by atoms with Crippen LogP contribution in [0.15, 0.2) is 42.5 Å². The quantitative estimate of drug-likeness (QED) is 0.537. The van der Waals surface area contributed by atoms with Gasteiger partial charge in [0.25, 0.3) is 0 Å². The van der Waals surface area contributed by atoms with E-state index in [1.165, 1.54) is 17.7 Å². The standard InChI is InChI=1S/C23H25ClFN5OS/c1-16-2-4-17(5-3-16)22-26-27-23(32)30(22)9-8-21(31)29-12-10-28(11-13-29)15-18-6-7-19(25)14-20(18)24/h2-7,14H,8-13,15H2,1H3,(H,27,32). The molecule has 1 fully saturated rings. The zero-order valence-corrected chi connectivity index (χ0v) is 19.4. The normalized spacial score (nSPS) is 14.7. The molecule has 0 unspecified atom stereocenters. The number of carbonyl (C=O) groups is 1. The van der Waals surface area contributed by atoms with E-state index in [2.05, 4.69) is 15.1 Å². The summed E-state index contributed by atoms with van der Waals surface area (Å²) in [6.07, 6.45) is 0.358. The van der Waals surface area contributed by atoms with Gasteiger partial charge in [-0.3, -0.25) is 19.4 Å². The van der Waals surface area contributed by atoms with E-state index in [0.29, 0.717) is 42.4 Å². The van der Waals surface area contributed by atoms with Gasteiger partial charge in [0, 0.05) is 56.3 Å². The van der Waals surface area contributed by atoms with Crippen LogP contribution in [-0.4, -0.2) is 56.7 Å². The van der Waals surface area contributed by atoms with Crippen molar-refractivity contribution >= 4 is 29.7 Å². The number of hydrogen-bond acceptors (Lipinski definition) is 4. The lowest BCUT2D eigenvalue weighted by molar-refractivity contribution is -0.133. The van der Waals surface area contributed by atoms with Gasteiger partial charge in [-0.05, 0) is 36.8 Å². The zero-order chi connectivity index (χ0) is 22.7. The molecule has 3 aromatic rings. The highest BCUT2D eigenvalue weighted by molar-refractivity contribution is 7.71. The van der Waals surface area contributed by atoms with Crippen molar-refractivity contribution in [2.24, 2.45) is 0 Å². The molecule has 1 aliphatic heterocycles. The first-order valence-corrected chi connectivity index (χ1v) is 11.4. The van der Waals surface area contributed by atoms with Gasteiger partial charge in [-0.2, -0.15) is 5.10 Å². The van der Waals surface area contributed by atoms with Crippen molar-refractivity contribution in [3.05, 3.63) is 69.2 Å². The Hall–Kier alpha value is -2.55. The lowest BCUT2D eigenvalue weighted by atomic mass is 10.1. The van der Waals surface area contributed by atoms with Gasteiger partial charge in [0.2, 0.25) is 5.91 Å². The van der Waals surface area contributed by atoms with Crippen molar-refractivity contribution in [3.63, 3.8) is 0 Å². The van der Waals surface area contributed by atoms with Crippen molar-refractivity contribution in [2.75, 3.05) is 26.2 Å². The number of halogens is 2. The number of carbonyl (C=O) groups excluding carboxylic acids is 1. The summed E-state index contributed by atoms with van der Waals surface area (Å²) in [4.78, 5) is 16.9. The summed E-state index contributed by atoms with van der Waals surface area (Å²) < 4.78 is 15.6. The van der Waals surface area contributed by atoms with Crippen molar-refractivity contribution in [1.82, 2.24) is 24.6 Å². The maximum absolute atomic E-state index is 13.2. The Bertz CT molecular complexity index is 1150. The van der Waals surface area contributed by atoms with Crippen LogP contribution in [0.25, 0.3) is 11.4 Å². The summed E-state index contributed by atoms with van der Waals surface area (Å²) in [7, 11) is 0. The highest BCUT2D eigenvalue weighted by Gasteiger charge is 2.22. The van der Waals surface area contributed by atoms with Crippen LogP contribution in [0.1, 0.15) is 17.5 Å². The van der Waals surface area contributed by atoms with E-state index >= 15 is 0 Å².